The molecular weight excluding hydrogens is 304 g/mol. The van der Waals surface area contributed by atoms with Crippen LogP contribution in [-0.4, -0.2) is 12.7 Å². The second kappa shape index (κ2) is 10.3. The third kappa shape index (κ3) is 5.98. The van der Waals surface area contributed by atoms with Gasteiger partial charge in [-0.05, 0) is 61.7 Å². The molecule has 1 nitrogen and oxygen atoms in total. The molecule has 2 aliphatic carbocycles. The largest absolute Gasteiger partial charge is 0.378 e. The van der Waals surface area contributed by atoms with Crippen LogP contribution in [0, 0.1) is 29.6 Å². The summed E-state index contributed by atoms with van der Waals surface area (Å²) in [6.07, 6.45) is 22.7. The molecule has 2 atom stereocenters. The van der Waals surface area contributed by atoms with Gasteiger partial charge in [-0.1, -0.05) is 78.1 Å². The van der Waals surface area contributed by atoms with E-state index in [0.29, 0.717) is 6.10 Å². The molecule has 0 spiro atoms. The summed E-state index contributed by atoms with van der Waals surface area (Å²) in [6.45, 7) is 5.69. The maximum absolute atomic E-state index is 6.07. The number of hydrogen-bond donors (Lipinski definition) is 0. The normalized spacial score (nSPS) is 40.1. The first-order valence-corrected chi connectivity index (χ1v) is 11.9. The van der Waals surface area contributed by atoms with E-state index in [1.54, 1.807) is 6.42 Å². The van der Waals surface area contributed by atoms with Gasteiger partial charge in [0.1, 0.15) is 0 Å². The van der Waals surface area contributed by atoms with Gasteiger partial charge in [0, 0.05) is 0 Å². The van der Waals surface area contributed by atoms with Crippen molar-refractivity contribution in [2.45, 2.75) is 116 Å². The van der Waals surface area contributed by atoms with E-state index in [9.17, 15) is 0 Å². The molecule has 25 heavy (non-hydrogen) atoms. The summed E-state index contributed by atoms with van der Waals surface area (Å²) in [7, 11) is 0. The Balaban J connectivity index is 1.28. The Hall–Kier alpha value is -0.0400. The predicted molar refractivity (Wildman–Crippen MR) is 108 cm³/mol. The Bertz CT molecular complexity index is 341. The van der Waals surface area contributed by atoms with E-state index < -0.39 is 0 Å². The average molecular weight is 349 g/mol. The minimum Gasteiger partial charge on any atom is -0.378 e. The Morgan fingerprint density at radius 2 is 1.12 bits per heavy atom. The van der Waals surface area contributed by atoms with Gasteiger partial charge in [0.15, 0.2) is 0 Å². The van der Waals surface area contributed by atoms with Gasteiger partial charge in [-0.2, -0.15) is 0 Å². The first-order chi connectivity index (χ1) is 12.3. The lowest BCUT2D eigenvalue weighted by Crippen LogP contribution is -2.32. The van der Waals surface area contributed by atoms with E-state index in [4.69, 9.17) is 4.74 Å². The van der Waals surface area contributed by atoms with Crippen LogP contribution in [0.5, 0.6) is 0 Å². The van der Waals surface area contributed by atoms with Crippen molar-refractivity contribution in [1.29, 1.82) is 0 Å². The molecule has 0 aromatic rings. The smallest absolute Gasteiger partial charge is 0.0572 e. The topological polar surface area (TPSA) is 9.23 Å². The van der Waals surface area contributed by atoms with E-state index in [0.717, 1.165) is 36.2 Å². The Morgan fingerprint density at radius 1 is 0.600 bits per heavy atom. The zero-order valence-electron chi connectivity index (χ0n) is 17.2. The first kappa shape index (κ1) is 19.7. The average Bonchev–Trinajstić information content (AvgIpc) is 2.68. The molecule has 0 aromatic heterocycles. The highest BCUT2D eigenvalue weighted by atomic mass is 16.5. The number of hydrogen-bond acceptors (Lipinski definition) is 1. The highest BCUT2D eigenvalue weighted by Gasteiger charge is 2.31. The van der Waals surface area contributed by atoms with Crippen molar-refractivity contribution >= 4 is 0 Å². The van der Waals surface area contributed by atoms with Crippen LogP contribution in [0.1, 0.15) is 110 Å². The van der Waals surface area contributed by atoms with Gasteiger partial charge in [0.25, 0.3) is 0 Å². The van der Waals surface area contributed by atoms with Crippen molar-refractivity contribution in [2.75, 3.05) is 6.61 Å². The van der Waals surface area contributed by atoms with Crippen LogP contribution in [0.25, 0.3) is 0 Å². The lowest BCUT2D eigenvalue weighted by molar-refractivity contribution is -0.0400. The third-order valence-electron chi connectivity index (χ3n) is 8.07. The van der Waals surface area contributed by atoms with Crippen LogP contribution in [0.4, 0.5) is 0 Å². The third-order valence-corrected chi connectivity index (χ3v) is 8.07. The summed E-state index contributed by atoms with van der Waals surface area (Å²) < 4.78 is 6.07. The molecule has 1 heterocycles. The minimum absolute atomic E-state index is 0.569. The predicted octanol–water partition coefficient (Wildman–Crippen LogP) is 7.38. The SMILES string of the molecule is CCCC1CCC(CCC2CCC(C3CCC(CC)OC3)CC2)CC1. The maximum Gasteiger partial charge on any atom is 0.0572 e. The molecular formula is C24H44O. The summed E-state index contributed by atoms with van der Waals surface area (Å²) in [5.41, 5.74) is 0. The van der Waals surface area contributed by atoms with Crippen molar-refractivity contribution in [1.82, 2.24) is 0 Å². The van der Waals surface area contributed by atoms with Gasteiger partial charge in [0.05, 0.1) is 12.7 Å². The van der Waals surface area contributed by atoms with E-state index >= 15 is 0 Å². The zero-order valence-corrected chi connectivity index (χ0v) is 17.2. The molecule has 0 aromatic carbocycles. The highest BCUT2D eigenvalue weighted by molar-refractivity contribution is 4.82. The molecule has 0 radical (unpaired) electrons. The van der Waals surface area contributed by atoms with Crippen molar-refractivity contribution in [3.8, 4) is 0 Å². The number of ether oxygens (including phenoxy) is 1. The lowest BCUT2D eigenvalue weighted by atomic mass is 9.71. The van der Waals surface area contributed by atoms with Gasteiger partial charge in [0.2, 0.25) is 0 Å². The summed E-state index contributed by atoms with van der Waals surface area (Å²) >= 11 is 0. The molecule has 2 unspecified atom stereocenters. The van der Waals surface area contributed by atoms with Gasteiger partial charge in [-0.15, -0.1) is 0 Å². The van der Waals surface area contributed by atoms with Crippen molar-refractivity contribution in [3.63, 3.8) is 0 Å². The summed E-state index contributed by atoms with van der Waals surface area (Å²) in [4.78, 5) is 0. The fourth-order valence-electron chi connectivity index (χ4n) is 6.16. The molecule has 3 fully saturated rings. The van der Waals surface area contributed by atoms with E-state index in [-0.39, 0.29) is 0 Å². The van der Waals surface area contributed by atoms with Crippen LogP contribution < -0.4 is 0 Å². The molecule has 0 amide bonds. The Labute approximate surface area is 157 Å². The Morgan fingerprint density at radius 3 is 1.60 bits per heavy atom. The lowest BCUT2D eigenvalue weighted by Gasteiger charge is -2.38. The molecule has 3 aliphatic rings. The maximum atomic E-state index is 6.07. The van der Waals surface area contributed by atoms with Gasteiger partial charge in [-0.25, -0.2) is 0 Å². The number of rotatable bonds is 7. The molecule has 2 saturated carbocycles. The highest BCUT2D eigenvalue weighted by Crippen LogP contribution is 2.41. The Kier molecular flexibility index (Phi) is 8.15. The van der Waals surface area contributed by atoms with Crippen LogP contribution in [0.2, 0.25) is 0 Å². The van der Waals surface area contributed by atoms with Crippen LogP contribution in [-0.2, 0) is 4.74 Å². The van der Waals surface area contributed by atoms with Crippen LogP contribution >= 0.6 is 0 Å². The summed E-state index contributed by atoms with van der Waals surface area (Å²) in [5, 5.41) is 0. The molecule has 1 heteroatoms. The fraction of sp³-hybridized carbons (Fsp3) is 1.00. The monoisotopic (exact) mass is 348 g/mol. The summed E-state index contributed by atoms with van der Waals surface area (Å²) in [6, 6.07) is 0. The van der Waals surface area contributed by atoms with E-state index in [1.807, 2.05) is 0 Å². The van der Waals surface area contributed by atoms with Gasteiger partial charge in [-0.3, -0.25) is 0 Å². The van der Waals surface area contributed by atoms with Crippen LogP contribution in [0.3, 0.4) is 0 Å². The van der Waals surface area contributed by atoms with E-state index in [1.165, 1.54) is 89.9 Å². The van der Waals surface area contributed by atoms with Crippen molar-refractivity contribution < 1.29 is 4.74 Å². The molecule has 0 N–H and O–H groups in total. The minimum atomic E-state index is 0.569. The molecule has 146 valence electrons. The van der Waals surface area contributed by atoms with Crippen molar-refractivity contribution in [3.05, 3.63) is 0 Å². The fourth-order valence-corrected chi connectivity index (χ4v) is 6.16. The molecule has 1 aliphatic heterocycles. The molecule has 3 rings (SSSR count). The first-order valence-electron chi connectivity index (χ1n) is 11.9. The standard InChI is InChI=1S/C24H44O/c1-3-5-19-6-8-20(9-7-19)10-11-21-12-14-22(15-13-21)23-16-17-24(4-2)25-18-23/h19-24H,3-18H2,1-2H3. The zero-order chi connectivity index (χ0) is 17.5. The second-order valence-electron chi connectivity index (χ2n) is 9.73. The van der Waals surface area contributed by atoms with Gasteiger partial charge >= 0.3 is 0 Å². The van der Waals surface area contributed by atoms with Crippen LogP contribution in [0.15, 0.2) is 0 Å². The van der Waals surface area contributed by atoms with Gasteiger partial charge < -0.3 is 4.74 Å². The summed E-state index contributed by atoms with van der Waals surface area (Å²) in [5.74, 6) is 5.07. The van der Waals surface area contributed by atoms with E-state index in [2.05, 4.69) is 13.8 Å². The van der Waals surface area contributed by atoms with Crippen molar-refractivity contribution in [2.24, 2.45) is 29.6 Å². The molecule has 0 bridgehead atoms. The molecule has 1 saturated heterocycles. The quantitative estimate of drug-likeness (QED) is 0.466. The second-order valence-corrected chi connectivity index (χ2v) is 9.73.